The maximum atomic E-state index is 12.5. The van der Waals surface area contributed by atoms with Crippen LogP contribution in [-0.2, 0) is 23.8 Å². The molecule has 0 amide bonds. The highest BCUT2D eigenvalue weighted by molar-refractivity contribution is 7.87. The first-order valence-corrected chi connectivity index (χ1v) is 8.60. The third-order valence-electron chi connectivity index (χ3n) is 3.75. The molecule has 0 aromatic rings. The molecule has 0 spiro atoms. The Balaban J connectivity index is 3.19. The van der Waals surface area contributed by atoms with Gasteiger partial charge in [0.2, 0.25) is 0 Å². The Morgan fingerprint density at radius 1 is 1.26 bits per heavy atom. The van der Waals surface area contributed by atoms with Crippen LogP contribution in [-0.4, -0.2) is 26.5 Å². The van der Waals surface area contributed by atoms with Gasteiger partial charge in [-0.25, -0.2) is 4.79 Å². The van der Waals surface area contributed by atoms with Gasteiger partial charge in [0.1, 0.15) is 5.76 Å². The molecular formula is C14H21F3O5S. The molecule has 0 heterocycles. The monoisotopic (exact) mass is 358 g/mol. The number of rotatable bonds is 4. The standard InChI is InChI=1S/C14H21F3O5S/c1-5-21-12(18)10-8-9(13(2,3)4)6-7-11(10)22-23(19,20)14(15,16)17/h9H,5-8H2,1-4H3. The molecule has 1 atom stereocenters. The van der Waals surface area contributed by atoms with E-state index in [1.165, 1.54) is 0 Å². The van der Waals surface area contributed by atoms with Gasteiger partial charge in [-0.05, 0) is 31.1 Å². The largest absolute Gasteiger partial charge is 0.534 e. The van der Waals surface area contributed by atoms with Crippen LogP contribution in [0.25, 0.3) is 0 Å². The molecule has 9 heteroatoms. The predicted octanol–water partition coefficient (Wildman–Crippen LogP) is 3.52. The van der Waals surface area contributed by atoms with Crippen molar-refractivity contribution < 1.29 is 35.3 Å². The molecule has 1 rings (SSSR count). The zero-order chi connectivity index (χ0) is 18.1. The van der Waals surface area contributed by atoms with Gasteiger partial charge < -0.3 is 8.92 Å². The number of halogens is 3. The zero-order valence-corrected chi connectivity index (χ0v) is 14.3. The third-order valence-corrected chi connectivity index (χ3v) is 4.73. The van der Waals surface area contributed by atoms with Gasteiger partial charge in [-0.15, -0.1) is 0 Å². The molecule has 23 heavy (non-hydrogen) atoms. The summed E-state index contributed by atoms with van der Waals surface area (Å²) in [5.41, 5.74) is -5.86. The summed E-state index contributed by atoms with van der Waals surface area (Å²) in [4.78, 5) is 12.0. The molecule has 0 aliphatic heterocycles. The Morgan fingerprint density at radius 2 is 1.83 bits per heavy atom. The SMILES string of the molecule is CCOC(=O)C1=C(OS(=O)(=O)C(F)(F)F)CCC(C(C)(C)C)C1. The summed E-state index contributed by atoms with van der Waals surface area (Å²) in [7, 11) is -5.80. The molecule has 1 aliphatic rings. The molecule has 5 nitrogen and oxygen atoms in total. The summed E-state index contributed by atoms with van der Waals surface area (Å²) < 4.78 is 68.8. The minimum atomic E-state index is -5.80. The van der Waals surface area contributed by atoms with Crippen LogP contribution in [0.3, 0.4) is 0 Å². The molecule has 0 aromatic heterocycles. The molecule has 0 aromatic carbocycles. The van der Waals surface area contributed by atoms with E-state index in [-0.39, 0.29) is 36.4 Å². The van der Waals surface area contributed by atoms with E-state index in [1.807, 2.05) is 20.8 Å². The smallest absolute Gasteiger partial charge is 0.463 e. The van der Waals surface area contributed by atoms with Crippen LogP contribution in [0.2, 0.25) is 0 Å². The topological polar surface area (TPSA) is 69.7 Å². The molecule has 1 unspecified atom stereocenters. The van der Waals surface area contributed by atoms with Gasteiger partial charge in [-0.3, -0.25) is 0 Å². The lowest BCUT2D eigenvalue weighted by molar-refractivity contribution is -0.139. The highest BCUT2D eigenvalue weighted by Gasteiger charge is 2.49. The Kier molecular flexibility index (Phi) is 5.77. The molecule has 0 saturated heterocycles. The number of carbonyl (C=O) groups is 1. The Hall–Kier alpha value is -1.25. The first-order chi connectivity index (χ1) is 10.3. The average molecular weight is 358 g/mol. The second-order valence-electron chi connectivity index (χ2n) is 6.41. The van der Waals surface area contributed by atoms with Crippen molar-refractivity contribution in [2.24, 2.45) is 11.3 Å². The van der Waals surface area contributed by atoms with Crippen molar-refractivity contribution in [3.05, 3.63) is 11.3 Å². The fraction of sp³-hybridized carbons (Fsp3) is 0.786. The number of esters is 1. The number of hydrogen-bond donors (Lipinski definition) is 0. The molecule has 1 aliphatic carbocycles. The van der Waals surface area contributed by atoms with Gasteiger partial charge in [0, 0.05) is 6.42 Å². The van der Waals surface area contributed by atoms with E-state index in [1.54, 1.807) is 6.92 Å². The molecule has 0 bridgehead atoms. The summed E-state index contributed by atoms with van der Waals surface area (Å²) in [5, 5.41) is 0. The van der Waals surface area contributed by atoms with Crippen LogP contribution in [0.1, 0.15) is 47.0 Å². The van der Waals surface area contributed by atoms with Gasteiger partial charge >= 0.3 is 21.6 Å². The van der Waals surface area contributed by atoms with Gasteiger partial charge in [0.25, 0.3) is 0 Å². The minimum Gasteiger partial charge on any atom is -0.463 e. The van der Waals surface area contributed by atoms with Crippen molar-refractivity contribution in [2.75, 3.05) is 6.61 Å². The minimum absolute atomic E-state index is 0.00264. The van der Waals surface area contributed by atoms with Crippen LogP contribution in [0.4, 0.5) is 13.2 Å². The molecule has 0 radical (unpaired) electrons. The van der Waals surface area contributed by atoms with E-state index in [0.717, 1.165) is 0 Å². The summed E-state index contributed by atoms with van der Waals surface area (Å²) >= 11 is 0. The summed E-state index contributed by atoms with van der Waals surface area (Å²) in [6.45, 7) is 7.41. The first-order valence-electron chi connectivity index (χ1n) is 7.19. The fourth-order valence-electron chi connectivity index (χ4n) is 2.34. The molecule has 0 saturated carbocycles. The Morgan fingerprint density at radius 3 is 2.26 bits per heavy atom. The van der Waals surface area contributed by atoms with Crippen molar-refractivity contribution >= 4 is 16.1 Å². The van der Waals surface area contributed by atoms with E-state index in [4.69, 9.17) is 4.74 Å². The van der Waals surface area contributed by atoms with Crippen molar-refractivity contribution in [1.82, 2.24) is 0 Å². The molecular weight excluding hydrogens is 337 g/mol. The number of carbonyl (C=O) groups excluding carboxylic acids is 1. The van der Waals surface area contributed by atoms with E-state index < -0.39 is 27.4 Å². The zero-order valence-electron chi connectivity index (χ0n) is 13.5. The molecule has 0 N–H and O–H groups in total. The first kappa shape index (κ1) is 19.8. The lowest BCUT2D eigenvalue weighted by Crippen LogP contribution is -2.31. The third kappa shape index (κ3) is 4.86. The summed E-state index contributed by atoms with van der Waals surface area (Å²) in [6.07, 6.45) is 0.478. The normalized spacial score (nSPS) is 20.4. The number of ether oxygens (including phenoxy) is 1. The number of alkyl halides is 3. The maximum absolute atomic E-state index is 12.5. The van der Waals surface area contributed by atoms with Gasteiger partial charge in [-0.2, -0.15) is 21.6 Å². The van der Waals surface area contributed by atoms with E-state index in [9.17, 15) is 26.4 Å². The highest BCUT2D eigenvalue weighted by Crippen LogP contribution is 2.42. The number of hydrogen-bond acceptors (Lipinski definition) is 5. The van der Waals surface area contributed by atoms with Crippen molar-refractivity contribution in [3.63, 3.8) is 0 Å². The van der Waals surface area contributed by atoms with Gasteiger partial charge in [-0.1, -0.05) is 20.8 Å². The van der Waals surface area contributed by atoms with Crippen LogP contribution in [0.15, 0.2) is 11.3 Å². The maximum Gasteiger partial charge on any atom is 0.534 e. The van der Waals surface area contributed by atoms with E-state index in [0.29, 0.717) is 6.42 Å². The van der Waals surface area contributed by atoms with Crippen LogP contribution >= 0.6 is 0 Å². The molecule has 134 valence electrons. The van der Waals surface area contributed by atoms with E-state index in [2.05, 4.69) is 4.18 Å². The van der Waals surface area contributed by atoms with Gasteiger partial charge in [0.05, 0.1) is 12.2 Å². The fourth-order valence-corrected chi connectivity index (χ4v) is 2.89. The van der Waals surface area contributed by atoms with Crippen molar-refractivity contribution in [2.45, 2.75) is 52.5 Å². The van der Waals surface area contributed by atoms with E-state index >= 15 is 0 Å². The number of allylic oxidation sites excluding steroid dienone is 1. The summed E-state index contributed by atoms with van der Waals surface area (Å²) in [6, 6.07) is 0. The van der Waals surface area contributed by atoms with Crippen LogP contribution in [0, 0.1) is 11.3 Å². The van der Waals surface area contributed by atoms with Crippen molar-refractivity contribution in [3.8, 4) is 0 Å². The molecule has 0 fully saturated rings. The Bertz CT molecular complexity index is 585. The average Bonchev–Trinajstić information content (AvgIpc) is 2.36. The predicted molar refractivity (Wildman–Crippen MR) is 76.5 cm³/mol. The quantitative estimate of drug-likeness (QED) is 0.437. The Labute approximate surface area is 134 Å². The summed E-state index contributed by atoms with van der Waals surface area (Å²) in [5.74, 6) is -1.31. The highest BCUT2D eigenvalue weighted by atomic mass is 32.2. The van der Waals surface area contributed by atoms with Crippen molar-refractivity contribution in [1.29, 1.82) is 0 Å². The second-order valence-corrected chi connectivity index (χ2v) is 7.95. The van der Waals surface area contributed by atoms with Crippen LogP contribution < -0.4 is 0 Å². The van der Waals surface area contributed by atoms with Gasteiger partial charge in [0.15, 0.2) is 0 Å². The lowest BCUT2D eigenvalue weighted by atomic mass is 9.72. The van der Waals surface area contributed by atoms with Crippen LogP contribution in [0.5, 0.6) is 0 Å². The lowest BCUT2D eigenvalue weighted by Gasteiger charge is -2.35. The second kappa shape index (κ2) is 6.70.